The number of ether oxygens (including phenoxy) is 1. The van der Waals surface area contributed by atoms with Crippen molar-refractivity contribution in [1.82, 2.24) is 10.2 Å². The SMILES string of the molecule is O=C(CC1(C(=O)NC(Cc2ccc(-c3ccccc3)cc2)C(=O)N2CCCC2C(=O)O)CCCC1)OCc1ccccc1. The average molecular weight is 583 g/mol. The van der Waals surface area contributed by atoms with Gasteiger partial charge in [0.25, 0.3) is 0 Å². The van der Waals surface area contributed by atoms with Gasteiger partial charge in [-0.3, -0.25) is 14.4 Å². The zero-order valence-corrected chi connectivity index (χ0v) is 24.2. The molecule has 1 saturated carbocycles. The zero-order valence-electron chi connectivity index (χ0n) is 24.2. The van der Waals surface area contributed by atoms with Crippen LogP contribution in [0.5, 0.6) is 0 Å². The molecular weight excluding hydrogens is 544 g/mol. The van der Waals surface area contributed by atoms with Crippen LogP contribution in [-0.4, -0.2) is 52.4 Å². The summed E-state index contributed by atoms with van der Waals surface area (Å²) in [6.45, 7) is 0.453. The summed E-state index contributed by atoms with van der Waals surface area (Å²) in [7, 11) is 0. The number of nitrogens with zero attached hydrogens (tertiary/aromatic N) is 1. The molecule has 5 rings (SSSR count). The van der Waals surface area contributed by atoms with E-state index < -0.39 is 35.3 Å². The first-order valence-electron chi connectivity index (χ1n) is 15.0. The molecule has 224 valence electrons. The molecule has 2 unspecified atom stereocenters. The third kappa shape index (κ3) is 7.31. The quantitative estimate of drug-likeness (QED) is 0.303. The Kier molecular flexibility index (Phi) is 9.55. The number of amides is 2. The predicted molar refractivity (Wildman–Crippen MR) is 162 cm³/mol. The number of hydrogen-bond donors (Lipinski definition) is 2. The van der Waals surface area contributed by atoms with Crippen LogP contribution >= 0.6 is 0 Å². The first kappa shape index (κ1) is 30.0. The molecular formula is C35H38N2O6. The topological polar surface area (TPSA) is 113 Å². The first-order chi connectivity index (χ1) is 20.8. The molecule has 8 nitrogen and oxygen atoms in total. The molecule has 0 aromatic heterocycles. The third-order valence-corrected chi connectivity index (χ3v) is 8.69. The van der Waals surface area contributed by atoms with Crippen molar-refractivity contribution in [2.45, 2.75) is 70.1 Å². The highest BCUT2D eigenvalue weighted by atomic mass is 16.5. The monoisotopic (exact) mass is 582 g/mol. The maximum Gasteiger partial charge on any atom is 0.326 e. The minimum absolute atomic E-state index is 0.0696. The molecule has 0 spiro atoms. The van der Waals surface area contributed by atoms with Gasteiger partial charge in [0.2, 0.25) is 11.8 Å². The number of carbonyl (C=O) groups excluding carboxylic acids is 3. The van der Waals surface area contributed by atoms with E-state index in [1.165, 1.54) is 4.90 Å². The summed E-state index contributed by atoms with van der Waals surface area (Å²) in [4.78, 5) is 54.0. The third-order valence-electron chi connectivity index (χ3n) is 8.69. The Bertz CT molecular complexity index is 1420. The summed E-state index contributed by atoms with van der Waals surface area (Å²) in [5, 5.41) is 12.7. The van der Waals surface area contributed by atoms with Gasteiger partial charge in [-0.25, -0.2) is 4.79 Å². The number of benzene rings is 3. The number of carbonyl (C=O) groups is 4. The van der Waals surface area contributed by atoms with Gasteiger partial charge in [-0.2, -0.15) is 0 Å². The van der Waals surface area contributed by atoms with Crippen molar-refractivity contribution >= 4 is 23.8 Å². The summed E-state index contributed by atoms with van der Waals surface area (Å²) < 4.78 is 5.52. The lowest BCUT2D eigenvalue weighted by molar-refractivity contribution is -0.153. The number of hydrogen-bond acceptors (Lipinski definition) is 5. The molecule has 8 heteroatoms. The molecule has 2 atom stereocenters. The van der Waals surface area contributed by atoms with Gasteiger partial charge in [0.05, 0.1) is 11.8 Å². The number of rotatable bonds is 11. The van der Waals surface area contributed by atoms with Crippen LogP contribution in [0.3, 0.4) is 0 Å². The van der Waals surface area contributed by atoms with Crippen molar-refractivity contribution in [3.05, 3.63) is 96.1 Å². The Hall–Kier alpha value is -4.46. The van der Waals surface area contributed by atoms with Gasteiger partial charge in [-0.15, -0.1) is 0 Å². The van der Waals surface area contributed by atoms with Crippen molar-refractivity contribution in [1.29, 1.82) is 0 Å². The second-order valence-electron chi connectivity index (χ2n) is 11.6. The normalized spacial score (nSPS) is 18.1. The van der Waals surface area contributed by atoms with E-state index in [9.17, 15) is 24.3 Å². The number of nitrogens with one attached hydrogen (secondary N) is 1. The van der Waals surface area contributed by atoms with Crippen molar-refractivity contribution in [3.8, 4) is 11.1 Å². The summed E-state index contributed by atoms with van der Waals surface area (Å²) in [5.41, 5.74) is 2.83. The number of likely N-dealkylation sites (tertiary alicyclic amines) is 1. The number of aliphatic carboxylic acids is 1. The highest BCUT2D eigenvalue weighted by molar-refractivity contribution is 5.94. The molecule has 3 aromatic carbocycles. The van der Waals surface area contributed by atoms with Gasteiger partial charge in [-0.1, -0.05) is 97.8 Å². The molecule has 2 amide bonds. The van der Waals surface area contributed by atoms with E-state index in [-0.39, 0.29) is 25.4 Å². The Balaban J connectivity index is 1.33. The second kappa shape index (κ2) is 13.7. The molecule has 2 fully saturated rings. The van der Waals surface area contributed by atoms with Crippen LogP contribution in [0.2, 0.25) is 0 Å². The average Bonchev–Trinajstić information content (AvgIpc) is 3.72. The van der Waals surface area contributed by atoms with Gasteiger partial charge in [0, 0.05) is 13.0 Å². The van der Waals surface area contributed by atoms with Gasteiger partial charge in [-0.05, 0) is 47.9 Å². The Morgan fingerprint density at radius 1 is 0.837 bits per heavy atom. The summed E-state index contributed by atoms with van der Waals surface area (Å²) in [6, 6.07) is 25.3. The fraction of sp³-hybridized carbons (Fsp3) is 0.371. The van der Waals surface area contributed by atoms with Crippen LogP contribution < -0.4 is 5.32 Å². The summed E-state index contributed by atoms with van der Waals surface area (Å²) in [5.74, 6) is -2.26. The standard InChI is InChI=1S/C35H38N2O6/c38-31(43-24-26-10-3-1-4-11-26)23-35(19-7-8-20-35)34(42)36-29(32(39)37-21-9-14-30(37)33(40)41)22-25-15-17-28(18-16-25)27-12-5-2-6-13-27/h1-6,10-13,15-18,29-30H,7-9,14,19-24H2,(H,36,42)(H,40,41). The Labute approximate surface area is 252 Å². The van der Waals surface area contributed by atoms with Crippen LogP contribution in [0.4, 0.5) is 0 Å². The van der Waals surface area contributed by atoms with E-state index in [1.54, 1.807) is 0 Å². The molecule has 1 aliphatic carbocycles. The van der Waals surface area contributed by atoms with E-state index in [0.717, 1.165) is 35.1 Å². The van der Waals surface area contributed by atoms with Gasteiger partial charge in [0.15, 0.2) is 0 Å². The van der Waals surface area contributed by atoms with Crippen LogP contribution in [0.25, 0.3) is 11.1 Å². The number of esters is 1. The molecule has 0 radical (unpaired) electrons. The highest BCUT2D eigenvalue weighted by Crippen LogP contribution is 2.42. The predicted octanol–water partition coefficient (Wildman–Crippen LogP) is 5.15. The van der Waals surface area contributed by atoms with Crippen LogP contribution in [0.15, 0.2) is 84.9 Å². The summed E-state index contributed by atoms with van der Waals surface area (Å²) >= 11 is 0. The maximum atomic E-state index is 13.9. The van der Waals surface area contributed by atoms with E-state index in [4.69, 9.17) is 4.74 Å². The molecule has 1 saturated heterocycles. The van der Waals surface area contributed by atoms with Crippen LogP contribution in [-0.2, 0) is 36.9 Å². The lowest BCUT2D eigenvalue weighted by Gasteiger charge is -2.32. The lowest BCUT2D eigenvalue weighted by atomic mass is 9.81. The van der Waals surface area contributed by atoms with Crippen molar-refractivity contribution in [2.24, 2.45) is 5.41 Å². The van der Waals surface area contributed by atoms with Crippen molar-refractivity contribution in [2.75, 3.05) is 6.54 Å². The lowest BCUT2D eigenvalue weighted by Crippen LogP contribution is -2.55. The second-order valence-corrected chi connectivity index (χ2v) is 11.6. The fourth-order valence-corrected chi connectivity index (χ4v) is 6.30. The van der Waals surface area contributed by atoms with E-state index >= 15 is 0 Å². The Morgan fingerprint density at radius 3 is 2.12 bits per heavy atom. The molecule has 1 aliphatic heterocycles. The highest BCUT2D eigenvalue weighted by Gasteiger charge is 2.45. The number of carboxylic acids is 1. The van der Waals surface area contributed by atoms with Crippen molar-refractivity contribution < 1.29 is 29.0 Å². The fourth-order valence-electron chi connectivity index (χ4n) is 6.30. The minimum Gasteiger partial charge on any atom is -0.480 e. The molecule has 2 N–H and O–H groups in total. The molecule has 1 heterocycles. The van der Waals surface area contributed by atoms with E-state index in [2.05, 4.69) is 5.32 Å². The van der Waals surface area contributed by atoms with E-state index in [1.807, 2.05) is 84.9 Å². The largest absolute Gasteiger partial charge is 0.480 e. The summed E-state index contributed by atoms with van der Waals surface area (Å²) in [6.07, 6.45) is 3.74. The molecule has 43 heavy (non-hydrogen) atoms. The van der Waals surface area contributed by atoms with Gasteiger partial charge >= 0.3 is 11.9 Å². The minimum atomic E-state index is -1.04. The Morgan fingerprint density at radius 2 is 1.47 bits per heavy atom. The van der Waals surface area contributed by atoms with E-state index in [0.29, 0.717) is 32.2 Å². The molecule has 0 bridgehead atoms. The zero-order chi connectivity index (χ0) is 30.2. The first-order valence-corrected chi connectivity index (χ1v) is 15.0. The molecule has 2 aliphatic rings. The van der Waals surface area contributed by atoms with Crippen LogP contribution in [0, 0.1) is 5.41 Å². The molecule has 3 aromatic rings. The number of carboxylic acid groups (broad SMARTS) is 1. The van der Waals surface area contributed by atoms with Crippen LogP contribution in [0.1, 0.15) is 56.1 Å². The van der Waals surface area contributed by atoms with Crippen molar-refractivity contribution in [3.63, 3.8) is 0 Å². The van der Waals surface area contributed by atoms with Gasteiger partial charge in [0.1, 0.15) is 18.7 Å². The maximum absolute atomic E-state index is 13.9. The van der Waals surface area contributed by atoms with Gasteiger partial charge < -0.3 is 20.1 Å². The smallest absolute Gasteiger partial charge is 0.326 e.